The minimum Gasteiger partial charge on any atom is -0.349 e. The lowest BCUT2D eigenvalue weighted by Gasteiger charge is -2.14. The highest BCUT2D eigenvalue weighted by atomic mass is 15.3. The van der Waals surface area contributed by atoms with E-state index in [1.54, 1.807) is 0 Å². The predicted molar refractivity (Wildman–Crippen MR) is 71.9 cm³/mol. The lowest BCUT2D eigenvalue weighted by molar-refractivity contribution is 0.631. The molecule has 1 aliphatic rings. The molecule has 1 unspecified atom stereocenters. The molecule has 1 saturated heterocycles. The van der Waals surface area contributed by atoms with Gasteiger partial charge in [-0.05, 0) is 37.9 Å². The molecule has 96 valence electrons. The summed E-state index contributed by atoms with van der Waals surface area (Å²) in [4.78, 5) is 4.49. The van der Waals surface area contributed by atoms with Gasteiger partial charge in [-0.25, -0.2) is 4.52 Å². The molecule has 2 aromatic rings. The third-order valence-electron chi connectivity index (χ3n) is 3.36. The zero-order valence-corrected chi connectivity index (χ0v) is 10.7. The Morgan fingerprint density at radius 2 is 2.33 bits per heavy atom. The van der Waals surface area contributed by atoms with E-state index in [1.807, 2.05) is 16.8 Å². The first-order valence-corrected chi connectivity index (χ1v) is 6.61. The highest BCUT2D eigenvalue weighted by Crippen LogP contribution is 2.11. The third-order valence-corrected chi connectivity index (χ3v) is 3.36. The first-order chi connectivity index (χ1) is 8.81. The molecule has 0 spiro atoms. The van der Waals surface area contributed by atoms with E-state index in [1.165, 1.54) is 24.8 Å². The molecule has 0 aromatic carbocycles. The Hall–Kier alpha value is -1.62. The molecule has 0 aliphatic carbocycles. The molecule has 0 amide bonds. The average Bonchev–Trinajstić information content (AvgIpc) is 2.57. The van der Waals surface area contributed by atoms with Crippen LogP contribution < -0.4 is 10.6 Å². The van der Waals surface area contributed by atoms with E-state index >= 15 is 0 Å². The summed E-state index contributed by atoms with van der Waals surface area (Å²) in [6.45, 7) is 4.17. The Morgan fingerprint density at radius 3 is 3.28 bits per heavy atom. The van der Waals surface area contributed by atoms with Crippen LogP contribution in [0.5, 0.6) is 0 Å². The van der Waals surface area contributed by atoms with Gasteiger partial charge in [0.05, 0.1) is 0 Å². The number of fused-ring (bicyclic) bond motifs is 1. The fourth-order valence-corrected chi connectivity index (χ4v) is 2.37. The van der Waals surface area contributed by atoms with Gasteiger partial charge in [-0.2, -0.15) is 4.98 Å². The number of hydrogen-bond donors (Lipinski definition) is 2. The van der Waals surface area contributed by atoms with Crippen molar-refractivity contribution in [1.82, 2.24) is 19.9 Å². The summed E-state index contributed by atoms with van der Waals surface area (Å²) in [5, 5.41) is 11.3. The van der Waals surface area contributed by atoms with Gasteiger partial charge in [-0.15, -0.1) is 5.10 Å². The Balaban J connectivity index is 1.77. The first kappa shape index (κ1) is 11.5. The van der Waals surface area contributed by atoms with Gasteiger partial charge in [0.15, 0.2) is 5.65 Å². The van der Waals surface area contributed by atoms with Crippen molar-refractivity contribution in [2.75, 3.05) is 18.4 Å². The van der Waals surface area contributed by atoms with Crippen LogP contribution in [0, 0.1) is 6.92 Å². The zero-order valence-electron chi connectivity index (χ0n) is 10.7. The molecule has 3 rings (SSSR count). The van der Waals surface area contributed by atoms with Crippen molar-refractivity contribution < 1.29 is 0 Å². The summed E-state index contributed by atoms with van der Waals surface area (Å²) in [6, 6.07) is 4.49. The van der Waals surface area contributed by atoms with Crippen molar-refractivity contribution in [1.29, 1.82) is 0 Å². The molecule has 0 saturated carbocycles. The molecule has 5 nitrogen and oxygen atoms in total. The predicted octanol–water partition coefficient (Wildman–Crippen LogP) is 1.59. The van der Waals surface area contributed by atoms with E-state index in [0.717, 1.165) is 24.7 Å². The third kappa shape index (κ3) is 2.46. The van der Waals surface area contributed by atoms with Crippen LogP contribution in [0.2, 0.25) is 0 Å². The molecular weight excluding hydrogens is 226 g/mol. The minimum absolute atomic E-state index is 0.436. The second-order valence-electron chi connectivity index (χ2n) is 4.99. The van der Waals surface area contributed by atoms with Gasteiger partial charge in [0.2, 0.25) is 5.95 Å². The number of rotatable bonds is 2. The monoisotopic (exact) mass is 245 g/mol. The number of hydrogen-bond acceptors (Lipinski definition) is 4. The lowest BCUT2D eigenvalue weighted by atomic mass is 10.1. The number of anilines is 1. The summed E-state index contributed by atoms with van der Waals surface area (Å²) < 4.78 is 1.84. The molecule has 1 atom stereocenters. The summed E-state index contributed by atoms with van der Waals surface area (Å²) in [7, 11) is 0. The van der Waals surface area contributed by atoms with Crippen LogP contribution in [0.25, 0.3) is 5.65 Å². The van der Waals surface area contributed by atoms with Gasteiger partial charge in [-0.1, -0.05) is 12.5 Å². The zero-order chi connectivity index (χ0) is 12.4. The van der Waals surface area contributed by atoms with E-state index in [9.17, 15) is 0 Å². The molecule has 2 aromatic heterocycles. The standard InChI is InChI=1S/C13H19N5/c1-10-5-6-12-16-13(17-18(12)9-10)15-11-4-2-3-7-14-8-11/h5-6,9,11,14H,2-4,7-8H2,1H3,(H,15,17). The summed E-state index contributed by atoms with van der Waals surface area (Å²) in [6.07, 6.45) is 5.70. The maximum Gasteiger partial charge on any atom is 0.243 e. The van der Waals surface area contributed by atoms with Crippen molar-refractivity contribution in [3.63, 3.8) is 0 Å². The minimum atomic E-state index is 0.436. The highest BCUT2D eigenvalue weighted by Gasteiger charge is 2.13. The Kier molecular flexibility index (Phi) is 3.15. The van der Waals surface area contributed by atoms with Gasteiger partial charge in [0.1, 0.15) is 0 Å². The molecule has 5 heteroatoms. The SMILES string of the molecule is Cc1ccc2nc(NC3CCCCNC3)nn2c1. The maximum absolute atomic E-state index is 4.49. The van der Waals surface area contributed by atoms with Crippen molar-refractivity contribution in [3.05, 3.63) is 23.9 Å². The molecule has 0 bridgehead atoms. The molecule has 2 N–H and O–H groups in total. The topological polar surface area (TPSA) is 54.2 Å². The van der Waals surface area contributed by atoms with Gasteiger partial charge < -0.3 is 10.6 Å². The van der Waals surface area contributed by atoms with Crippen LogP contribution in [0.3, 0.4) is 0 Å². The van der Waals surface area contributed by atoms with Crippen LogP contribution in [0.4, 0.5) is 5.95 Å². The number of aromatic nitrogens is 3. The smallest absolute Gasteiger partial charge is 0.243 e. The van der Waals surface area contributed by atoms with Crippen molar-refractivity contribution in [3.8, 4) is 0 Å². The van der Waals surface area contributed by atoms with E-state index in [-0.39, 0.29) is 0 Å². The average molecular weight is 245 g/mol. The highest BCUT2D eigenvalue weighted by molar-refractivity contribution is 5.44. The van der Waals surface area contributed by atoms with Crippen LogP contribution in [-0.2, 0) is 0 Å². The van der Waals surface area contributed by atoms with Crippen molar-refractivity contribution in [2.45, 2.75) is 32.2 Å². The van der Waals surface area contributed by atoms with Gasteiger partial charge >= 0.3 is 0 Å². The fraction of sp³-hybridized carbons (Fsp3) is 0.538. The number of nitrogens with one attached hydrogen (secondary N) is 2. The van der Waals surface area contributed by atoms with E-state index in [0.29, 0.717) is 6.04 Å². The molecule has 1 aliphatic heterocycles. The van der Waals surface area contributed by atoms with Crippen LogP contribution in [-0.4, -0.2) is 33.7 Å². The Morgan fingerprint density at radius 1 is 1.39 bits per heavy atom. The maximum atomic E-state index is 4.49. The molecule has 1 fully saturated rings. The quantitative estimate of drug-likeness (QED) is 0.843. The lowest BCUT2D eigenvalue weighted by Crippen LogP contribution is -2.31. The summed E-state index contributed by atoms with van der Waals surface area (Å²) >= 11 is 0. The largest absolute Gasteiger partial charge is 0.349 e. The van der Waals surface area contributed by atoms with Gasteiger partial charge in [0.25, 0.3) is 0 Å². The Labute approximate surface area is 107 Å². The van der Waals surface area contributed by atoms with E-state index in [2.05, 4.69) is 33.7 Å². The van der Waals surface area contributed by atoms with Gasteiger partial charge in [-0.3, -0.25) is 0 Å². The number of pyridine rings is 1. The summed E-state index contributed by atoms with van der Waals surface area (Å²) in [5.74, 6) is 0.731. The van der Waals surface area contributed by atoms with E-state index < -0.39 is 0 Å². The molecule has 3 heterocycles. The van der Waals surface area contributed by atoms with Crippen molar-refractivity contribution >= 4 is 11.6 Å². The van der Waals surface area contributed by atoms with Crippen molar-refractivity contribution in [2.24, 2.45) is 0 Å². The van der Waals surface area contributed by atoms with E-state index in [4.69, 9.17) is 0 Å². The fourth-order valence-electron chi connectivity index (χ4n) is 2.37. The molecule has 18 heavy (non-hydrogen) atoms. The molecular formula is C13H19N5. The van der Waals surface area contributed by atoms with Gasteiger partial charge in [0, 0.05) is 18.8 Å². The first-order valence-electron chi connectivity index (χ1n) is 6.61. The molecule has 0 radical (unpaired) electrons. The second-order valence-corrected chi connectivity index (χ2v) is 4.99. The van der Waals surface area contributed by atoms with Crippen LogP contribution in [0.1, 0.15) is 24.8 Å². The second kappa shape index (κ2) is 4.94. The van der Waals surface area contributed by atoms with Crippen LogP contribution >= 0.6 is 0 Å². The van der Waals surface area contributed by atoms with Crippen LogP contribution in [0.15, 0.2) is 18.3 Å². The summed E-state index contributed by atoms with van der Waals surface area (Å²) in [5.41, 5.74) is 2.08. The normalized spacial score (nSPS) is 20.8. The number of aryl methyl sites for hydroxylation is 1. The Bertz CT molecular complexity index is 525. The number of nitrogens with zero attached hydrogens (tertiary/aromatic N) is 3.